The van der Waals surface area contributed by atoms with Crippen LogP contribution in [0.3, 0.4) is 0 Å². The quantitative estimate of drug-likeness (QED) is 0.167. The fraction of sp³-hybridized carbons (Fsp3) is 0.219. The highest BCUT2D eigenvalue weighted by atomic mass is 35.5. The van der Waals surface area contributed by atoms with Crippen LogP contribution < -0.4 is 5.32 Å². The molecule has 1 amide bonds. The lowest BCUT2D eigenvalue weighted by atomic mass is 9.96. The lowest BCUT2D eigenvalue weighted by Gasteiger charge is -2.17. The molecular formula is C32H30ClN5O4. The van der Waals surface area contributed by atoms with Crippen molar-refractivity contribution in [1.82, 2.24) is 25.5 Å². The number of hydrogen-bond acceptors (Lipinski definition) is 7. The Morgan fingerprint density at radius 3 is 2.40 bits per heavy atom. The monoisotopic (exact) mass is 583 g/mol. The second-order valence-electron chi connectivity index (χ2n) is 9.86. The summed E-state index contributed by atoms with van der Waals surface area (Å²) in [6.45, 7) is 1.51. The Labute approximate surface area is 248 Å². The molecule has 42 heavy (non-hydrogen) atoms. The highest BCUT2D eigenvalue weighted by Crippen LogP contribution is 2.20. The standard InChI is InChI=1S/C32H30ClN5O4/c1-22(39)6-5-9-30(40)25-12-10-24(11-13-25)19-31(41)28(18-23-7-3-2-4-8-23)35-32(42)17-14-26-20-27(33)15-16-29(26)38-21-34-36-37-38/h2-4,7-8,10-17,20-21,28H,5-6,9,18-19H2,1H3,(H,35,42)/b17-14+/t28-/m0/s1. The highest BCUT2D eigenvalue weighted by Gasteiger charge is 2.21. The summed E-state index contributed by atoms with van der Waals surface area (Å²) in [5.41, 5.74) is 3.42. The fourth-order valence-corrected chi connectivity index (χ4v) is 4.58. The molecule has 0 unspecified atom stereocenters. The van der Waals surface area contributed by atoms with Gasteiger partial charge in [0.1, 0.15) is 12.1 Å². The Kier molecular flexibility index (Phi) is 10.6. The third-order valence-electron chi connectivity index (χ3n) is 6.57. The number of hydrogen-bond donors (Lipinski definition) is 1. The smallest absolute Gasteiger partial charge is 0.244 e. The summed E-state index contributed by atoms with van der Waals surface area (Å²) in [4.78, 5) is 50.0. The molecule has 0 aliphatic heterocycles. The number of nitrogens with one attached hydrogen (secondary N) is 1. The summed E-state index contributed by atoms with van der Waals surface area (Å²) in [5.74, 6) is -0.599. The molecule has 0 aliphatic rings. The first-order chi connectivity index (χ1) is 20.3. The van der Waals surface area contributed by atoms with Gasteiger partial charge in [-0.1, -0.05) is 66.2 Å². The lowest BCUT2D eigenvalue weighted by molar-refractivity contribution is -0.125. The van der Waals surface area contributed by atoms with Crippen LogP contribution in [0.1, 0.15) is 53.2 Å². The van der Waals surface area contributed by atoms with Gasteiger partial charge in [-0.15, -0.1) is 5.10 Å². The Morgan fingerprint density at radius 1 is 0.952 bits per heavy atom. The van der Waals surface area contributed by atoms with Crippen molar-refractivity contribution in [3.05, 3.63) is 112 Å². The van der Waals surface area contributed by atoms with Gasteiger partial charge in [-0.2, -0.15) is 4.68 Å². The highest BCUT2D eigenvalue weighted by molar-refractivity contribution is 6.30. The average Bonchev–Trinajstić information content (AvgIpc) is 3.51. The van der Waals surface area contributed by atoms with Crippen LogP contribution in [0, 0.1) is 0 Å². The molecule has 10 heteroatoms. The predicted octanol–water partition coefficient (Wildman–Crippen LogP) is 4.81. The molecule has 4 aromatic rings. The molecule has 9 nitrogen and oxygen atoms in total. The van der Waals surface area contributed by atoms with Crippen LogP contribution in [0.2, 0.25) is 5.02 Å². The van der Waals surface area contributed by atoms with E-state index in [1.807, 2.05) is 30.3 Å². The largest absolute Gasteiger partial charge is 0.342 e. The van der Waals surface area contributed by atoms with Gasteiger partial charge in [0.25, 0.3) is 0 Å². The normalized spacial score (nSPS) is 11.8. The number of rotatable bonds is 14. The number of halogens is 1. The molecule has 0 saturated carbocycles. The number of nitrogens with zero attached hydrogens (tertiary/aromatic N) is 4. The van der Waals surface area contributed by atoms with Gasteiger partial charge >= 0.3 is 0 Å². The maximum absolute atomic E-state index is 13.4. The second kappa shape index (κ2) is 14.7. The molecule has 0 saturated heterocycles. The van der Waals surface area contributed by atoms with Gasteiger partial charge in [0, 0.05) is 41.5 Å². The van der Waals surface area contributed by atoms with Crippen molar-refractivity contribution in [2.24, 2.45) is 0 Å². The third-order valence-corrected chi connectivity index (χ3v) is 6.81. The predicted molar refractivity (Wildman–Crippen MR) is 159 cm³/mol. The van der Waals surface area contributed by atoms with Gasteiger partial charge in [0.05, 0.1) is 11.7 Å². The van der Waals surface area contributed by atoms with E-state index in [9.17, 15) is 19.2 Å². The summed E-state index contributed by atoms with van der Waals surface area (Å²) >= 11 is 6.18. The minimum Gasteiger partial charge on any atom is -0.342 e. The maximum Gasteiger partial charge on any atom is 0.244 e. The molecule has 1 aromatic heterocycles. The van der Waals surface area contributed by atoms with Gasteiger partial charge in [0.15, 0.2) is 11.6 Å². The van der Waals surface area contributed by atoms with Crippen molar-refractivity contribution >= 4 is 40.9 Å². The minimum atomic E-state index is -0.782. The van der Waals surface area contributed by atoms with E-state index >= 15 is 0 Å². The molecule has 0 spiro atoms. The van der Waals surface area contributed by atoms with Gasteiger partial charge in [-0.3, -0.25) is 14.4 Å². The van der Waals surface area contributed by atoms with Crippen LogP contribution in [0.4, 0.5) is 0 Å². The van der Waals surface area contributed by atoms with E-state index in [-0.39, 0.29) is 23.8 Å². The van der Waals surface area contributed by atoms with Crippen LogP contribution in [0.5, 0.6) is 0 Å². The van der Waals surface area contributed by atoms with Crippen molar-refractivity contribution in [3.63, 3.8) is 0 Å². The molecular weight excluding hydrogens is 554 g/mol. The third kappa shape index (κ3) is 8.87. The zero-order chi connectivity index (χ0) is 29.9. The van der Waals surface area contributed by atoms with Crippen LogP contribution in [0.15, 0.2) is 85.2 Å². The first-order valence-electron chi connectivity index (χ1n) is 13.5. The maximum atomic E-state index is 13.4. The van der Waals surface area contributed by atoms with Crippen LogP contribution in [0.25, 0.3) is 11.8 Å². The molecule has 4 rings (SSSR count). The Bertz CT molecular complexity index is 1570. The lowest BCUT2D eigenvalue weighted by Crippen LogP contribution is -2.42. The number of benzene rings is 3. The number of carbonyl (C=O) groups is 4. The molecule has 1 heterocycles. The van der Waals surface area contributed by atoms with E-state index in [0.717, 1.165) is 11.1 Å². The summed E-state index contributed by atoms with van der Waals surface area (Å²) in [5, 5.41) is 14.5. The van der Waals surface area contributed by atoms with Crippen molar-refractivity contribution < 1.29 is 19.2 Å². The number of ketones is 3. The van der Waals surface area contributed by atoms with E-state index < -0.39 is 11.9 Å². The first kappa shape index (κ1) is 30.2. The average molecular weight is 584 g/mol. The van der Waals surface area contributed by atoms with E-state index in [1.54, 1.807) is 48.5 Å². The molecule has 0 fully saturated rings. The molecule has 1 atom stereocenters. The number of aromatic nitrogens is 4. The van der Waals surface area contributed by atoms with Crippen molar-refractivity contribution in [2.45, 2.75) is 45.1 Å². The molecule has 3 aromatic carbocycles. The Hall–Kier alpha value is -4.76. The van der Waals surface area contributed by atoms with Crippen molar-refractivity contribution in [3.8, 4) is 5.69 Å². The number of Topliss-reactive ketones (excluding diaryl/α,β-unsaturated/α-hetero) is 3. The SMILES string of the molecule is CC(=O)CCCC(=O)c1ccc(CC(=O)[C@H](Cc2ccccc2)NC(=O)/C=C/c2cc(Cl)ccc2-n2cnnn2)cc1. The number of carbonyl (C=O) groups excluding carboxylic acids is 4. The molecule has 0 aliphatic carbocycles. The molecule has 214 valence electrons. The summed E-state index contributed by atoms with van der Waals surface area (Å²) in [7, 11) is 0. The topological polar surface area (TPSA) is 124 Å². The Balaban J connectivity index is 1.45. The first-order valence-corrected chi connectivity index (χ1v) is 13.9. The van der Waals surface area contributed by atoms with E-state index in [4.69, 9.17) is 11.6 Å². The zero-order valence-corrected chi connectivity index (χ0v) is 23.8. The van der Waals surface area contributed by atoms with Crippen molar-refractivity contribution in [1.29, 1.82) is 0 Å². The summed E-state index contributed by atoms with van der Waals surface area (Å²) in [6, 6.07) is 20.7. The van der Waals surface area contributed by atoms with Gasteiger partial charge in [0.2, 0.25) is 5.91 Å². The molecule has 1 N–H and O–H groups in total. The zero-order valence-electron chi connectivity index (χ0n) is 23.1. The van der Waals surface area contributed by atoms with E-state index in [1.165, 1.54) is 24.0 Å². The molecule has 0 radical (unpaired) electrons. The number of tetrazole rings is 1. The summed E-state index contributed by atoms with van der Waals surface area (Å²) in [6.07, 6.45) is 5.96. The fourth-order valence-electron chi connectivity index (χ4n) is 4.39. The van der Waals surface area contributed by atoms with Gasteiger partial charge in [-0.25, -0.2) is 0 Å². The van der Waals surface area contributed by atoms with E-state index in [0.29, 0.717) is 47.5 Å². The second-order valence-corrected chi connectivity index (χ2v) is 10.3. The van der Waals surface area contributed by atoms with Crippen molar-refractivity contribution in [2.75, 3.05) is 0 Å². The minimum absolute atomic E-state index is 0.0434. The van der Waals surface area contributed by atoms with Crippen LogP contribution in [-0.4, -0.2) is 49.5 Å². The van der Waals surface area contributed by atoms with Gasteiger partial charge in [-0.05, 0) is 65.6 Å². The summed E-state index contributed by atoms with van der Waals surface area (Å²) < 4.78 is 1.46. The molecule has 0 bridgehead atoms. The number of amides is 1. The van der Waals surface area contributed by atoms with Crippen LogP contribution in [-0.2, 0) is 27.2 Å². The van der Waals surface area contributed by atoms with E-state index in [2.05, 4.69) is 20.8 Å². The Morgan fingerprint density at radius 2 is 1.71 bits per heavy atom. The van der Waals surface area contributed by atoms with Gasteiger partial charge < -0.3 is 10.1 Å². The van der Waals surface area contributed by atoms with Crippen LogP contribution >= 0.6 is 11.6 Å².